The number of aromatic nitrogens is 4. The van der Waals surface area contributed by atoms with Crippen molar-refractivity contribution in [3.63, 3.8) is 0 Å². The van der Waals surface area contributed by atoms with Crippen molar-refractivity contribution in [2.75, 3.05) is 19.5 Å². The lowest BCUT2D eigenvalue weighted by atomic mass is 10.1. The lowest BCUT2D eigenvalue weighted by molar-refractivity contribution is -0.142. The van der Waals surface area contributed by atoms with Crippen LogP contribution < -0.4 is 14.8 Å². The molecule has 1 amide bonds. The number of nitrogens with one attached hydrogen (secondary N) is 1. The fourth-order valence-electron chi connectivity index (χ4n) is 2.94. The van der Waals surface area contributed by atoms with Crippen LogP contribution in [-0.4, -0.2) is 39.7 Å². The Morgan fingerprint density at radius 3 is 2.09 bits per heavy atom. The summed E-state index contributed by atoms with van der Waals surface area (Å²) in [6.45, 7) is 0. The number of hydrogen-bond acceptors (Lipinski definition) is 6. The number of methoxy groups -OCH3 is 2. The predicted octanol–water partition coefficient (Wildman–Crippen LogP) is 4.08. The number of amides is 1. The molecule has 0 saturated heterocycles. The van der Waals surface area contributed by atoms with E-state index in [1.54, 1.807) is 48.5 Å². The molecule has 0 bridgehead atoms. The smallest absolute Gasteiger partial charge is 0.433 e. The maximum atomic E-state index is 13.7. The van der Waals surface area contributed by atoms with Crippen LogP contribution in [0.4, 0.5) is 18.9 Å². The number of alkyl halides is 3. The van der Waals surface area contributed by atoms with Crippen LogP contribution in [0.5, 0.6) is 11.5 Å². The largest absolute Gasteiger partial charge is 0.497 e. The Labute approximate surface area is 179 Å². The summed E-state index contributed by atoms with van der Waals surface area (Å²) in [5.41, 5.74) is -0.255. The number of carbonyl (C=O) groups is 1. The second kappa shape index (κ2) is 8.17. The molecule has 0 aliphatic carbocycles. The van der Waals surface area contributed by atoms with Crippen molar-refractivity contribution in [2.45, 2.75) is 6.18 Å². The second-order valence-electron chi connectivity index (χ2n) is 6.58. The van der Waals surface area contributed by atoms with Crippen LogP contribution in [0, 0.1) is 0 Å². The minimum Gasteiger partial charge on any atom is -0.497 e. The maximum absolute atomic E-state index is 13.7. The summed E-state index contributed by atoms with van der Waals surface area (Å²) in [6.07, 6.45) is -4.75. The molecule has 0 radical (unpaired) electrons. The first-order valence-corrected chi connectivity index (χ1v) is 9.23. The normalized spacial score (nSPS) is 11.4. The minimum absolute atomic E-state index is 0.0296. The Morgan fingerprint density at radius 2 is 1.53 bits per heavy atom. The van der Waals surface area contributed by atoms with Gasteiger partial charge in [-0.1, -0.05) is 0 Å². The van der Waals surface area contributed by atoms with E-state index in [9.17, 15) is 18.0 Å². The van der Waals surface area contributed by atoms with Gasteiger partial charge in [0.2, 0.25) is 5.82 Å². The fraction of sp³-hybridized carbons (Fsp3) is 0.143. The quantitative estimate of drug-likeness (QED) is 0.500. The highest BCUT2D eigenvalue weighted by Crippen LogP contribution is 2.32. The van der Waals surface area contributed by atoms with Crippen molar-refractivity contribution < 1.29 is 27.4 Å². The Hall–Kier alpha value is -4.15. The molecule has 0 aliphatic rings. The van der Waals surface area contributed by atoms with E-state index in [1.807, 2.05) is 0 Å². The number of rotatable bonds is 5. The van der Waals surface area contributed by atoms with Crippen LogP contribution in [0.3, 0.4) is 0 Å². The summed E-state index contributed by atoms with van der Waals surface area (Å²) in [6, 6.07) is 13.6. The van der Waals surface area contributed by atoms with Gasteiger partial charge in [0.15, 0.2) is 5.69 Å². The topological polar surface area (TPSA) is 90.6 Å². The second-order valence-corrected chi connectivity index (χ2v) is 6.58. The Balaban J connectivity index is 1.73. The number of anilines is 1. The van der Waals surface area contributed by atoms with Gasteiger partial charge >= 0.3 is 6.18 Å². The zero-order chi connectivity index (χ0) is 22.9. The number of hydrogen-bond donors (Lipinski definition) is 1. The third-order valence-corrected chi connectivity index (χ3v) is 4.54. The molecular weight excluding hydrogens is 427 g/mol. The molecule has 4 aromatic rings. The van der Waals surface area contributed by atoms with Crippen molar-refractivity contribution in [1.82, 2.24) is 19.6 Å². The zero-order valence-electron chi connectivity index (χ0n) is 16.8. The van der Waals surface area contributed by atoms with E-state index in [2.05, 4.69) is 20.4 Å². The van der Waals surface area contributed by atoms with Gasteiger partial charge in [-0.2, -0.15) is 22.7 Å². The fourth-order valence-corrected chi connectivity index (χ4v) is 2.94. The number of nitrogens with zero attached hydrogens (tertiary/aromatic N) is 4. The molecule has 0 saturated carbocycles. The molecule has 0 fully saturated rings. The summed E-state index contributed by atoms with van der Waals surface area (Å²) in [4.78, 5) is 20.6. The van der Waals surface area contributed by atoms with Crippen molar-refractivity contribution in [3.05, 3.63) is 66.1 Å². The zero-order valence-corrected chi connectivity index (χ0v) is 16.8. The third kappa shape index (κ3) is 4.17. The Bertz CT molecular complexity index is 1270. The van der Waals surface area contributed by atoms with Gasteiger partial charge in [-0.05, 0) is 54.6 Å². The summed E-state index contributed by atoms with van der Waals surface area (Å²) in [7, 11) is 2.98. The maximum Gasteiger partial charge on any atom is 0.433 e. The molecule has 8 nitrogen and oxygen atoms in total. The van der Waals surface area contributed by atoms with Gasteiger partial charge in [0.05, 0.1) is 19.9 Å². The standard InChI is InChI=1S/C21H16F3N5O3/c1-31-14-7-3-12(4-8-14)16-11-17(21(22,23)24)29-20(26-16)27-18(28-29)19(30)25-13-5-9-15(32-2)10-6-13/h3-11H,1-2H3,(H,25,30). The summed E-state index contributed by atoms with van der Waals surface area (Å²) in [5.74, 6) is -0.458. The highest BCUT2D eigenvalue weighted by molar-refractivity contribution is 6.01. The molecule has 0 atom stereocenters. The lowest BCUT2D eigenvalue weighted by Crippen LogP contribution is -2.16. The van der Waals surface area contributed by atoms with Crippen LogP contribution in [0.2, 0.25) is 0 Å². The van der Waals surface area contributed by atoms with Gasteiger partial charge in [-0.3, -0.25) is 4.79 Å². The van der Waals surface area contributed by atoms with E-state index in [-0.39, 0.29) is 11.5 Å². The van der Waals surface area contributed by atoms with Crippen LogP contribution in [0.1, 0.15) is 16.3 Å². The molecule has 11 heteroatoms. The summed E-state index contributed by atoms with van der Waals surface area (Å²) in [5, 5.41) is 6.27. The van der Waals surface area contributed by atoms with Crippen molar-refractivity contribution >= 4 is 17.4 Å². The van der Waals surface area contributed by atoms with Crippen molar-refractivity contribution in [1.29, 1.82) is 0 Å². The molecule has 2 aromatic carbocycles. The number of ether oxygens (including phenoxy) is 2. The van der Waals surface area contributed by atoms with Crippen LogP contribution in [-0.2, 0) is 6.18 Å². The van der Waals surface area contributed by atoms with Gasteiger partial charge in [0, 0.05) is 11.3 Å². The summed E-state index contributed by atoms with van der Waals surface area (Å²) < 4.78 is 51.8. The van der Waals surface area contributed by atoms with Crippen LogP contribution >= 0.6 is 0 Å². The van der Waals surface area contributed by atoms with Crippen LogP contribution in [0.15, 0.2) is 54.6 Å². The van der Waals surface area contributed by atoms with E-state index in [4.69, 9.17) is 9.47 Å². The molecule has 4 rings (SSSR count). The number of fused-ring (bicyclic) bond motifs is 1. The third-order valence-electron chi connectivity index (χ3n) is 4.54. The molecule has 32 heavy (non-hydrogen) atoms. The van der Waals surface area contributed by atoms with Crippen molar-refractivity contribution in [3.8, 4) is 22.8 Å². The highest BCUT2D eigenvalue weighted by Gasteiger charge is 2.36. The number of carbonyl (C=O) groups excluding carboxylic acids is 1. The molecule has 0 aliphatic heterocycles. The van der Waals surface area contributed by atoms with E-state index >= 15 is 0 Å². The average Bonchev–Trinajstić information content (AvgIpc) is 3.22. The molecule has 0 spiro atoms. The monoisotopic (exact) mass is 443 g/mol. The lowest BCUT2D eigenvalue weighted by Gasteiger charge is -2.10. The predicted molar refractivity (Wildman–Crippen MR) is 109 cm³/mol. The van der Waals surface area contributed by atoms with Gasteiger partial charge < -0.3 is 14.8 Å². The molecule has 164 valence electrons. The highest BCUT2D eigenvalue weighted by atomic mass is 19.4. The van der Waals surface area contributed by atoms with E-state index in [0.717, 1.165) is 6.07 Å². The van der Waals surface area contributed by atoms with Gasteiger partial charge in [0.25, 0.3) is 11.7 Å². The molecule has 0 unspecified atom stereocenters. The first-order valence-electron chi connectivity index (χ1n) is 9.23. The first-order chi connectivity index (χ1) is 15.3. The molecular formula is C21H16F3N5O3. The minimum atomic E-state index is -4.75. The van der Waals surface area contributed by atoms with Crippen LogP contribution in [0.25, 0.3) is 17.0 Å². The molecule has 2 heterocycles. The van der Waals surface area contributed by atoms with E-state index < -0.39 is 23.6 Å². The van der Waals surface area contributed by atoms with E-state index in [1.165, 1.54) is 14.2 Å². The van der Waals surface area contributed by atoms with Gasteiger partial charge in [0.1, 0.15) is 11.5 Å². The van der Waals surface area contributed by atoms with E-state index in [0.29, 0.717) is 27.3 Å². The molecule has 2 aromatic heterocycles. The Morgan fingerprint density at radius 1 is 0.938 bits per heavy atom. The molecule has 1 N–H and O–H groups in total. The van der Waals surface area contributed by atoms with Crippen molar-refractivity contribution in [2.24, 2.45) is 0 Å². The van der Waals surface area contributed by atoms with Gasteiger partial charge in [-0.15, -0.1) is 5.10 Å². The summed E-state index contributed by atoms with van der Waals surface area (Å²) >= 11 is 0. The average molecular weight is 443 g/mol. The first kappa shape index (κ1) is 21.1. The Kier molecular flexibility index (Phi) is 5.39. The SMILES string of the molecule is COc1ccc(NC(=O)c2nc3nc(-c4ccc(OC)cc4)cc(C(F)(F)F)n3n2)cc1. The van der Waals surface area contributed by atoms with Gasteiger partial charge in [-0.25, -0.2) is 4.98 Å². The number of benzene rings is 2. The number of halogens is 3.